The number of aromatic nitrogens is 1. The largest absolute Gasteiger partial charge is 0.492 e. The maximum atomic E-state index is 12.2. The summed E-state index contributed by atoms with van der Waals surface area (Å²) in [6.07, 6.45) is 1.69. The zero-order chi connectivity index (χ0) is 18.0. The van der Waals surface area contributed by atoms with Crippen molar-refractivity contribution in [1.29, 1.82) is 0 Å². The second-order valence-corrected chi connectivity index (χ2v) is 5.58. The second-order valence-electron chi connectivity index (χ2n) is 5.58. The zero-order valence-corrected chi connectivity index (χ0v) is 14.1. The second kappa shape index (κ2) is 6.80. The molecule has 7 nitrogen and oxygen atoms in total. The number of anilines is 1. The van der Waals surface area contributed by atoms with E-state index in [1.54, 1.807) is 6.08 Å². The summed E-state index contributed by atoms with van der Waals surface area (Å²) in [7, 11) is 0. The van der Waals surface area contributed by atoms with Gasteiger partial charge >= 0.3 is 5.97 Å². The molecule has 2 heterocycles. The van der Waals surface area contributed by atoms with Crippen LogP contribution in [0.15, 0.2) is 35.9 Å². The van der Waals surface area contributed by atoms with E-state index >= 15 is 0 Å². The Labute approximate surface area is 145 Å². The lowest BCUT2D eigenvalue weighted by Crippen LogP contribution is -2.25. The molecule has 25 heavy (non-hydrogen) atoms. The molecule has 0 saturated carbocycles. The fraction of sp³-hybridized carbons (Fsp3) is 0.278. The summed E-state index contributed by atoms with van der Waals surface area (Å²) in [5.74, 6) is -0.743. The maximum Gasteiger partial charge on any atom is 0.363 e. The van der Waals surface area contributed by atoms with Crippen molar-refractivity contribution in [2.75, 3.05) is 24.6 Å². The lowest BCUT2D eigenvalue weighted by Gasteiger charge is -2.24. The summed E-state index contributed by atoms with van der Waals surface area (Å²) in [6.45, 7) is 6.02. The van der Waals surface area contributed by atoms with E-state index in [2.05, 4.69) is 18.7 Å². The van der Waals surface area contributed by atoms with Gasteiger partial charge in [0.2, 0.25) is 11.8 Å². The van der Waals surface area contributed by atoms with Crippen LogP contribution in [-0.2, 0) is 4.79 Å². The van der Waals surface area contributed by atoms with E-state index in [9.17, 15) is 15.0 Å². The monoisotopic (exact) mass is 344 g/mol. The summed E-state index contributed by atoms with van der Waals surface area (Å²) in [5, 5.41) is 19.1. The summed E-state index contributed by atoms with van der Waals surface area (Å²) >= 11 is 0. The first kappa shape index (κ1) is 16.8. The minimum Gasteiger partial charge on any atom is -0.492 e. The summed E-state index contributed by atoms with van der Waals surface area (Å²) < 4.78 is 6.34. The fourth-order valence-electron chi connectivity index (χ4n) is 2.69. The first-order valence-corrected chi connectivity index (χ1v) is 8.08. The Kier molecular flexibility index (Phi) is 4.56. The highest BCUT2D eigenvalue weighted by Gasteiger charge is 2.22. The van der Waals surface area contributed by atoms with Crippen LogP contribution in [0.25, 0.3) is 6.08 Å². The van der Waals surface area contributed by atoms with Gasteiger partial charge in [0.05, 0.1) is 5.57 Å². The predicted octanol–water partition coefficient (Wildman–Crippen LogP) is 2.18. The average Bonchev–Trinajstić information content (AvgIpc) is 2.94. The van der Waals surface area contributed by atoms with Crippen LogP contribution >= 0.6 is 0 Å². The quantitative estimate of drug-likeness (QED) is 0.865. The molecule has 1 aliphatic heterocycles. The van der Waals surface area contributed by atoms with Gasteiger partial charge in [-0.1, -0.05) is 0 Å². The van der Waals surface area contributed by atoms with Gasteiger partial charge in [-0.05, 0) is 32.1 Å². The first-order valence-electron chi connectivity index (χ1n) is 8.08. The SMILES string of the molecule is CCN(CC)c1ccc2c(c1)OCC(C(=O)On1c(O)ccc1O)=C2. The Morgan fingerprint density at radius 2 is 1.88 bits per heavy atom. The summed E-state index contributed by atoms with van der Waals surface area (Å²) in [5.41, 5.74) is 2.12. The van der Waals surface area contributed by atoms with Crippen molar-refractivity contribution < 1.29 is 24.6 Å². The van der Waals surface area contributed by atoms with Gasteiger partial charge in [0.15, 0.2) is 0 Å². The lowest BCUT2D eigenvalue weighted by atomic mass is 10.1. The number of fused-ring (bicyclic) bond motifs is 1. The predicted molar refractivity (Wildman–Crippen MR) is 92.8 cm³/mol. The third-order valence-corrected chi connectivity index (χ3v) is 4.07. The van der Waals surface area contributed by atoms with Gasteiger partial charge in [-0.2, -0.15) is 0 Å². The maximum absolute atomic E-state index is 12.2. The Bertz CT molecular complexity index is 801. The van der Waals surface area contributed by atoms with Gasteiger partial charge < -0.3 is 24.7 Å². The first-order chi connectivity index (χ1) is 12.0. The van der Waals surface area contributed by atoms with Crippen molar-refractivity contribution in [3.63, 3.8) is 0 Å². The van der Waals surface area contributed by atoms with Crippen molar-refractivity contribution >= 4 is 17.7 Å². The van der Waals surface area contributed by atoms with E-state index in [4.69, 9.17) is 9.57 Å². The molecule has 0 bridgehead atoms. The molecule has 0 unspecified atom stereocenters. The highest BCUT2D eigenvalue weighted by molar-refractivity contribution is 5.95. The lowest BCUT2D eigenvalue weighted by molar-refractivity contribution is -0.141. The molecule has 7 heteroatoms. The smallest absolute Gasteiger partial charge is 0.363 e. The fourth-order valence-corrected chi connectivity index (χ4v) is 2.69. The van der Waals surface area contributed by atoms with Crippen molar-refractivity contribution in [3.05, 3.63) is 41.5 Å². The topological polar surface area (TPSA) is 84.2 Å². The molecule has 0 radical (unpaired) electrons. The van der Waals surface area contributed by atoms with E-state index in [0.717, 1.165) is 24.3 Å². The van der Waals surface area contributed by atoms with Crippen LogP contribution in [0, 0.1) is 0 Å². The van der Waals surface area contributed by atoms with Crippen molar-refractivity contribution in [2.24, 2.45) is 0 Å². The Balaban J connectivity index is 1.81. The highest BCUT2D eigenvalue weighted by atomic mass is 16.7. The van der Waals surface area contributed by atoms with E-state index in [0.29, 0.717) is 10.5 Å². The van der Waals surface area contributed by atoms with E-state index < -0.39 is 5.97 Å². The van der Waals surface area contributed by atoms with Gasteiger partial charge in [0.25, 0.3) is 0 Å². The molecule has 0 fully saturated rings. The summed E-state index contributed by atoms with van der Waals surface area (Å²) in [4.78, 5) is 19.4. The molecule has 1 aromatic carbocycles. The molecule has 2 aromatic rings. The van der Waals surface area contributed by atoms with E-state index in [1.807, 2.05) is 18.2 Å². The minimum absolute atomic E-state index is 0.0519. The number of rotatable bonds is 5. The van der Waals surface area contributed by atoms with Crippen LogP contribution < -0.4 is 14.5 Å². The van der Waals surface area contributed by atoms with Crippen molar-refractivity contribution in [3.8, 4) is 17.5 Å². The molecule has 132 valence electrons. The number of nitrogens with zero attached hydrogens (tertiary/aromatic N) is 2. The number of ether oxygens (including phenoxy) is 1. The van der Waals surface area contributed by atoms with E-state index in [-0.39, 0.29) is 23.9 Å². The number of carbonyl (C=O) groups is 1. The van der Waals surface area contributed by atoms with Crippen LogP contribution in [0.2, 0.25) is 0 Å². The van der Waals surface area contributed by atoms with Crippen LogP contribution in [0.1, 0.15) is 19.4 Å². The van der Waals surface area contributed by atoms with Gasteiger partial charge in [-0.15, -0.1) is 4.73 Å². The normalized spacial score (nSPS) is 12.8. The molecule has 2 N–H and O–H groups in total. The van der Waals surface area contributed by atoms with Crippen molar-refractivity contribution in [1.82, 2.24) is 4.73 Å². The van der Waals surface area contributed by atoms with Crippen molar-refractivity contribution in [2.45, 2.75) is 13.8 Å². The molecule has 0 saturated heterocycles. The van der Waals surface area contributed by atoms with Gasteiger partial charge in [0.1, 0.15) is 12.4 Å². The van der Waals surface area contributed by atoms with Gasteiger partial charge in [0, 0.05) is 42.5 Å². The molecule has 3 rings (SSSR count). The van der Waals surface area contributed by atoms with Crippen LogP contribution in [0.5, 0.6) is 17.5 Å². The zero-order valence-electron chi connectivity index (χ0n) is 14.1. The number of hydrogen-bond donors (Lipinski definition) is 2. The number of carbonyl (C=O) groups excluding carboxylic acids is 1. The molecule has 0 aliphatic carbocycles. The molecule has 0 spiro atoms. The molecular formula is C18H20N2O5. The third-order valence-electron chi connectivity index (χ3n) is 4.07. The number of hydrogen-bond acceptors (Lipinski definition) is 6. The van der Waals surface area contributed by atoms with Crippen LogP contribution in [-0.4, -0.2) is 40.6 Å². The third kappa shape index (κ3) is 3.26. The number of aromatic hydroxyl groups is 2. The summed E-state index contributed by atoms with van der Waals surface area (Å²) in [6, 6.07) is 8.25. The van der Waals surface area contributed by atoms with Crippen LogP contribution in [0.4, 0.5) is 5.69 Å². The standard InChI is InChI=1S/C18H20N2O5/c1-3-19(4-2)14-6-5-12-9-13(11-24-15(12)10-14)18(23)25-20-16(21)7-8-17(20)22/h5-10,21-22H,3-4,11H2,1-2H3. The van der Waals surface area contributed by atoms with Crippen LogP contribution in [0.3, 0.4) is 0 Å². The number of benzene rings is 1. The van der Waals surface area contributed by atoms with Gasteiger partial charge in [-0.25, -0.2) is 4.79 Å². The highest BCUT2D eigenvalue weighted by Crippen LogP contribution is 2.31. The van der Waals surface area contributed by atoms with Gasteiger partial charge in [-0.3, -0.25) is 0 Å². The Morgan fingerprint density at radius 1 is 1.20 bits per heavy atom. The molecule has 1 aromatic heterocycles. The molecule has 0 atom stereocenters. The van der Waals surface area contributed by atoms with E-state index in [1.165, 1.54) is 12.1 Å². The average molecular weight is 344 g/mol. The molecule has 0 amide bonds. The molecule has 1 aliphatic rings. The minimum atomic E-state index is -0.708. The Hall–Kier alpha value is -3.09. The Morgan fingerprint density at radius 3 is 2.52 bits per heavy atom. The molecular weight excluding hydrogens is 324 g/mol.